The van der Waals surface area contributed by atoms with Crippen LogP contribution in [0.15, 0.2) is 16.6 Å². The van der Waals surface area contributed by atoms with E-state index in [1.54, 1.807) is 6.07 Å². The van der Waals surface area contributed by atoms with Gasteiger partial charge in [0.15, 0.2) is 0 Å². The summed E-state index contributed by atoms with van der Waals surface area (Å²) < 4.78 is 13.3. The predicted molar refractivity (Wildman–Crippen MR) is 48.5 cm³/mol. The number of hydrogen-bond acceptors (Lipinski definition) is 0. The lowest BCUT2D eigenvalue weighted by Crippen LogP contribution is -1.85. The quantitative estimate of drug-likeness (QED) is 0.652. The van der Waals surface area contributed by atoms with Gasteiger partial charge in [-0.2, -0.15) is 0 Å². The molecule has 0 spiro atoms. The molecule has 11 heavy (non-hydrogen) atoms. The van der Waals surface area contributed by atoms with Crippen molar-refractivity contribution in [2.45, 2.75) is 13.3 Å². The maximum Gasteiger partial charge on any atom is 0.137 e. The lowest BCUT2D eigenvalue weighted by Gasteiger charge is -2.01. The number of aryl methyl sites for hydroxylation is 1. The summed E-state index contributed by atoms with van der Waals surface area (Å²) in [6, 6.07) is 3.03. The Labute approximate surface area is 78.5 Å². The molecule has 0 aliphatic rings. The zero-order valence-corrected chi connectivity index (χ0v) is 8.34. The Morgan fingerprint density at radius 2 is 2.18 bits per heavy atom. The van der Waals surface area contributed by atoms with Crippen molar-refractivity contribution in [3.8, 4) is 0 Å². The van der Waals surface area contributed by atoms with Gasteiger partial charge >= 0.3 is 0 Å². The zero-order chi connectivity index (χ0) is 8.43. The summed E-state index contributed by atoms with van der Waals surface area (Å²) in [7, 11) is 0. The highest BCUT2D eigenvalue weighted by molar-refractivity contribution is 9.10. The molecule has 1 aromatic rings. The van der Waals surface area contributed by atoms with E-state index in [4.69, 9.17) is 11.6 Å². The molecule has 0 unspecified atom stereocenters. The average molecular weight is 237 g/mol. The summed E-state index contributed by atoms with van der Waals surface area (Å²) in [5.41, 5.74) is 0.840. The second-order valence-corrected chi connectivity index (χ2v) is 3.47. The molecule has 0 atom stereocenters. The van der Waals surface area contributed by atoms with Crippen LogP contribution < -0.4 is 0 Å². The summed E-state index contributed by atoms with van der Waals surface area (Å²) in [6.45, 7) is 1.94. The van der Waals surface area contributed by atoms with Crippen LogP contribution in [-0.4, -0.2) is 0 Å². The Morgan fingerprint density at radius 1 is 1.55 bits per heavy atom. The molecule has 0 fully saturated rings. The number of hydrogen-bond donors (Lipinski definition) is 0. The summed E-state index contributed by atoms with van der Waals surface area (Å²) in [5.74, 6) is -0.258. The minimum absolute atomic E-state index is 0.258. The molecule has 0 saturated carbocycles. The van der Waals surface area contributed by atoms with Crippen molar-refractivity contribution in [2.24, 2.45) is 0 Å². The molecule has 0 heterocycles. The largest absolute Gasteiger partial charge is 0.206 e. The van der Waals surface area contributed by atoms with E-state index >= 15 is 0 Å². The number of halogens is 3. The van der Waals surface area contributed by atoms with Crippen molar-refractivity contribution in [3.05, 3.63) is 33.0 Å². The van der Waals surface area contributed by atoms with Gasteiger partial charge in [0.05, 0.1) is 4.47 Å². The topological polar surface area (TPSA) is 0 Å². The van der Waals surface area contributed by atoms with E-state index in [1.165, 1.54) is 6.07 Å². The predicted octanol–water partition coefficient (Wildman–Crippen LogP) is 3.80. The van der Waals surface area contributed by atoms with Crippen molar-refractivity contribution < 1.29 is 4.39 Å². The third-order valence-electron chi connectivity index (χ3n) is 1.47. The van der Waals surface area contributed by atoms with Gasteiger partial charge in [-0.1, -0.05) is 18.5 Å². The average Bonchev–Trinajstić information content (AvgIpc) is 1.97. The first kappa shape index (κ1) is 9.01. The first-order chi connectivity index (χ1) is 5.15. The van der Waals surface area contributed by atoms with Gasteiger partial charge in [-0.3, -0.25) is 0 Å². The molecular formula is C8H7BrClF. The molecule has 1 aromatic carbocycles. The van der Waals surface area contributed by atoms with Gasteiger partial charge in [0.25, 0.3) is 0 Å². The maximum atomic E-state index is 12.8. The monoisotopic (exact) mass is 236 g/mol. The Hall–Kier alpha value is -0.0800. The fourth-order valence-corrected chi connectivity index (χ4v) is 1.61. The fraction of sp³-hybridized carbons (Fsp3) is 0.250. The highest BCUT2D eigenvalue weighted by atomic mass is 79.9. The first-order valence-electron chi connectivity index (χ1n) is 3.28. The summed E-state index contributed by atoms with van der Waals surface area (Å²) in [6.07, 6.45) is 0.753. The minimum atomic E-state index is -0.258. The van der Waals surface area contributed by atoms with E-state index in [9.17, 15) is 4.39 Å². The molecule has 60 valence electrons. The van der Waals surface area contributed by atoms with Gasteiger partial charge in [0.2, 0.25) is 0 Å². The third kappa shape index (κ3) is 1.94. The number of rotatable bonds is 1. The zero-order valence-electron chi connectivity index (χ0n) is 6.00. The van der Waals surface area contributed by atoms with Crippen molar-refractivity contribution >= 4 is 27.5 Å². The highest BCUT2D eigenvalue weighted by Crippen LogP contribution is 2.24. The van der Waals surface area contributed by atoms with E-state index in [0.29, 0.717) is 9.50 Å². The van der Waals surface area contributed by atoms with Crippen LogP contribution >= 0.6 is 27.5 Å². The summed E-state index contributed by atoms with van der Waals surface area (Å²) in [4.78, 5) is 0. The lowest BCUT2D eigenvalue weighted by atomic mass is 10.2. The second kappa shape index (κ2) is 3.55. The fourth-order valence-electron chi connectivity index (χ4n) is 0.835. The second-order valence-electron chi connectivity index (χ2n) is 2.21. The van der Waals surface area contributed by atoms with Gasteiger partial charge in [-0.05, 0) is 40.0 Å². The van der Waals surface area contributed by atoms with Crippen molar-refractivity contribution in [1.29, 1.82) is 0 Å². The van der Waals surface area contributed by atoms with Crippen LogP contribution in [0.2, 0.25) is 5.02 Å². The molecule has 0 saturated heterocycles. The molecule has 0 aromatic heterocycles. The lowest BCUT2D eigenvalue weighted by molar-refractivity contribution is 0.619. The summed E-state index contributed by atoms with van der Waals surface area (Å²) in [5, 5.41) is 0.612. The molecule has 0 bridgehead atoms. The molecule has 0 amide bonds. The third-order valence-corrected chi connectivity index (χ3v) is 2.43. The SMILES string of the molecule is CCc1cc(F)c(Br)cc1Cl. The van der Waals surface area contributed by atoms with E-state index in [-0.39, 0.29) is 5.82 Å². The van der Waals surface area contributed by atoms with Crippen LogP contribution in [0.3, 0.4) is 0 Å². The smallest absolute Gasteiger partial charge is 0.137 e. The summed E-state index contributed by atoms with van der Waals surface area (Å²) >= 11 is 8.85. The van der Waals surface area contributed by atoms with E-state index in [0.717, 1.165) is 12.0 Å². The Kier molecular flexibility index (Phi) is 2.90. The molecule has 0 nitrogen and oxygen atoms in total. The molecule has 0 N–H and O–H groups in total. The molecule has 1 rings (SSSR count). The Morgan fingerprint density at radius 3 is 2.73 bits per heavy atom. The maximum absolute atomic E-state index is 12.8. The van der Waals surface area contributed by atoms with Gasteiger partial charge in [-0.15, -0.1) is 0 Å². The van der Waals surface area contributed by atoms with E-state index < -0.39 is 0 Å². The number of benzene rings is 1. The normalized spacial score (nSPS) is 10.2. The standard InChI is InChI=1S/C8H7BrClF/c1-2-5-3-8(11)6(9)4-7(5)10/h3-4H,2H2,1H3. The Bertz CT molecular complexity index is 273. The van der Waals surface area contributed by atoms with Crippen LogP contribution in [0.4, 0.5) is 4.39 Å². The van der Waals surface area contributed by atoms with Gasteiger partial charge < -0.3 is 0 Å². The van der Waals surface area contributed by atoms with Crippen molar-refractivity contribution in [3.63, 3.8) is 0 Å². The van der Waals surface area contributed by atoms with Crippen LogP contribution in [-0.2, 0) is 6.42 Å². The van der Waals surface area contributed by atoms with Crippen molar-refractivity contribution in [1.82, 2.24) is 0 Å². The van der Waals surface area contributed by atoms with E-state index in [1.807, 2.05) is 6.92 Å². The van der Waals surface area contributed by atoms with Crippen LogP contribution in [0.5, 0.6) is 0 Å². The van der Waals surface area contributed by atoms with Gasteiger partial charge in [0.1, 0.15) is 5.82 Å². The highest BCUT2D eigenvalue weighted by Gasteiger charge is 2.04. The first-order valence-corrected chi connectivity index (χ1v) is 4.45. The Balaban J connectivity index is 3.21. The molecule has 0 aliphatic heterocycles. The van der Waals surface area contributed by atoms with Crippen LogP contribution in [0.1, 0.15) is 12.5 Å². The molecule has 0 radical (unpaired) electrons. The van der Waals surface area contributed by atoms with Crippen LogP contribution in [0.25, 0.3) is 0 Å². The van der Waals surface area contributed by atoms with Crippen molar-refractivity contribution in [2.75, 3.05) is 0 Å². The molecular weight excluding hydrogens is 230 g/mol. The van der Waals surface area contributed by atoms with Gasteiger partial charge in [-0.25, -0.2) is 4.39 Å². The minimum Gasteiger partial charge on any atom is -0.206 e. The van der Waals surface area contributed by atoms with E-state index in [2.05, 4.69) is 15.9 Å². The van der Waals surface area contributed by atoms with Gasteiger partial charge in [0, 0.05) is 5.02 Å². The molecule has 0 aliphatic carbocycles. The van der Waals surface area contributed by atoms with Crippen LogP contribution in [0, 0.1) is 5.82 Å². The molecule has 3 heteroatoms.